The van der Waals surface area contributed by atoms with Gasteiger partial charge in [0.25, 0.3) is 0 Å². The molecule has 0 fully saturated rings. The van der Waals surface area contributed by atoms with E-state index in [0.717, 1.165) is 6.07 Å². The predicted molar refractivity (Wildman–Crippen MR) is 59.0 cm³/mol. The van der Waals surface area contributed by atoms with Gasteiger partial charge in [0.15, 0.2) is 11.6 Å². The fourth-order valence-electron chi connectivity index (χ4n) is 1.67. The molecule has 0 spiro atoms. The molecule has 2 nitrogen and oxygen atoms in total. The third-order valence-corrected chi connectivity index (χ3v) is 2.52. The average Bonchev–Trinajstić information content (AvgIpc) is 2.29. The molecule has 0 aromatic heterocycles. The molecule has 1 rings (SSSR count). The van der Waals surface area contributed by atoms with Crippen LogP contribution in [0.4, 0.5) is 8.78 Å². The number of halogens is 2. The van der Waals surface area contributed by atoms with Gasteiger partial charge >= 0.3 is 0 Å². The summed E-state index contributed by atoms with van der Waals surface area (Å²) in [4.78, 5) is 0. The number of hydrogen-bond acceptors (Lipinski definition) is 2. The Hall–Kier alpha value is -1.00. The Balaban J connectivity index is 2.94. The van der Waals surface area contributed by atoms with Gasteiger partial charge < -0.3 is 10.5 Å². The number of hydrogen-bond donors (Lipinski definition) is 1. The molecule has 0 saturated heterocycles. The van der Waals surface area contributed by atoms with Gasteiger partial charge in [0.2, 0.25) is 0 Å². The van der Waals surface area contributed by atoms with Gasteiger partial charge in [0.05, 0.1) is 12.1 Å². The fraction of sp³-hybridized carbons (Fsp3) is 0.500. The van der Waals surface area contributed by atoms with Crippen molar-refractivity contribution in [3.05, 3.63) is 35.4 Å². The maximum Gasteiger partial charge on any atom is 0.163 e. The summed E-state index contributed by atoms with van der Waals surface area (Å²) in [5.74, 6) is -1.76. The highest BCUT2D eigenvalue weighted by Crippen LogP contribution is 2.23. The molecule has 0 saturated carbocycles. The normalized spacial score (nSPS) is 14.8. The largest absolute Gasteiger partial charge is 0.377 e. The lowest BCUT2D eigenvalue weighted by Crippen LogP contribution is -2.29. The summed E-state index contributed by atoms with van der Waals surface area (Å²) in [6.45, 7) is 4.25. The van der Waals surface area contributed by atoms with Crippen LogP contribution in [0.2, 0.25) is 0 Å². The Morgan fingerprint density at radius 3 is 2.56 bits per heavy atom. The zero-order valence-electron chi connectivity index (χ0n) is 9.54. The lowest BCUT2D eigenvalue weighted by atomic mass is 10.00. The predicted octanol–water partition coefficient (Wildman–Crippen LogP) is 2.78. The third-order valence-electron chi connectivity index (χ3n) is 2.52. The third kappa shape index (κ3) is 2.77. The first-order valence-corrected chi connectivity index (χ1v) is 5.42. The van der Waals surface area contributed by atoms with E-state index in [4.69, 9.17) is 10.5 Å². The Labute approximate surface area is 94.4 Å². The van der Waals surface area contributed by atoms with Crippen molar-refractivity contribution in [2.75, 3.05) is 6.61 Å². The highest BCUT2D eigenvalue weighted by atomic mass is 19.2. The van der Waals surface area contributed by atoms with E-state index in [2.05, 4.69) is 0 Å². The minimum atomic E-state index is -0.881. The molecule has 1 aromatic carbocycles. The van der Waals surface area contributed by atoms with E-state index in [1.807, 2.05) is 13.8 Å². The topological polar surface area (TPSA) is 35.2 Å². The second-order valence-electron chi connectivity index (χ2n) is 3.57. The van der Waals surface area contributed by atoms with Crippen LogP contribution in [-0.4, -0.2) is 12.7 Å². The summed E-state index contributed by atoms with van der Waals surface area (Å²) in [7, 11) is 0. The van der Waals surface area contributed by atoms with Crippen molar-refractivity contribution in [2.24, 2.45) is 5.73 Å². The summed E-state index contributed by atoms with van der Waals surface area (Å²) in [6, 6.07) is 3.38. The van der Waals surface area contributed by atoms with Gasteiger partial charge in [-0.15, -0.1) is 0 Å². The van der Waals surface area contributed by atoms with Crippen molar-refractivity contribution in [3.8, 4) is 0 Å². The lowest BCUT2D eigenvalue weighted by molar-refractivity contribution is 0.0404. The van der Waals surface area contributed by atoms with E-state index < -0.39 is 17.7 Å². The van der Waals surface area contributed by atoms with Gasteiger partial charge in [0.1, 0.15) is 0 Å². The van der Waals surface area contributed by atoms with Crippen LogP contribution in [-0.2, 0) is 4.74 Å². The smallest absolute Gasteiger partial charge is 0.163 e. The van der Waals surface area contributed by atoms with E-state index in [-0.39, 0.29) is 11.7 Å². The molecular formula is C12H17F2NO. The van der Waals surface area contributed by atoms with Crippen LogP contribution in [0.1, 0.15) is 31.9 Å². The number of ether oxygens (including phenoxy) is 1. The van der Waals surface area contributed by atoms with Crippen LogP contribution in [0.15, 0.2) is 18.2 Å². The Morgan fingerprint density at radius 2 is 2.00 bits per heavy atom. The molecule has 2 unspecified atom stereocenters. The summed E-state index contributed by atoms with van der Waals surface area (Å²) < 4.78 is 31.9. The molecular weight excluding hydrogens is 212 g/mol. The van der Waals surface area contributed by atoms with Crippen LogP contribution in [0, 0.1) is 11.6 Å². The van der Waals surface area contributed by atoms with Crippen LogP contribution >= 0.6 is 0 Å². The first-order valence-electron chi connectivity index (χ1n) is 5.42. The van der Waals surface area contributed by atoms with Gasteiger partial charge in [-0.1, -0.05) is 19.1 Å². The van der Waals surface area contributed by atoms with Gasteiger partial charge in [-0.3, -0.25) is 0 Å². The van der Waals surface area contributed by atoms with Crippen molar-refractivity contribution in [1.29, 1.82) is 0 Å². The Kier molecular flexibility index (Phi) is 4.83. The zero-order valence-corrected chi connectivity index (χ0v) is 9.54. The fourth-order valence-corrected chi connectivity index (χ4v) is 1.67. The summed E-state index contributed by atoms with van der Waals surface area (Å²) in [5, 5.41) is 0. The second-order valence-corrected chi connectivity index (χ2v) is 3.57. The van der Waals surface area contributed by atoms with Crippen molar-refractivity contribution in [2.45, 2.75) is 32.4 Å². The molecule has 16 heavy (non-hydrogen) atoms. The van der Waals surface area contributed by atoms with Gasteiger partial charge in [-0.25, -0.2) is 8.78 Å². The molecule has 2 N–H and O–H groups in total. The average molecular weight is 229 g/mol. The van der Waals surface area contributed by atoms with Crippen molar-refractivity contribution in [1.82, 2.24) is 0 Å². The highest BCUT2D eigenvalue weighted by Gasteiger charge is 2.22. The molecule has 0 radical (unpaired) electrons. The second kappa shape index (κ2) is 5.92. The van der Waals surface area contributed by atoms with Crippen LogP contribution in [0.3, 0.4) is 0 Å². The minimum Gasteiger partial charge on any atom is -0.377 e. The standard InChI is InChI=1S/C12H17F2NO/c1-3-10(16-4-2)12(15)8-6-5-7-9(13)11(8)14/h5-7,10,12H,3-4,15H2,1-2H3. The summed E-state index contributed by atoms with van der Waals surface area (Å²) >= 11 is 0. The first-order chi connectivity index (χ1) is 7.61. The van der Waals surface area contributed by atoms with E-state index in [1.165, 1.54) is 12.1 Å². The van der Waals surface area contributed by atoms with Crippen LogP contribution < -0.4 is 5.73 Å². The molecule has 0 aliphatic heterocycles. The van der Waals surface area contributed by atoms with Crippen molar-refractivity contribution >= 4 is 0 Å². The Bertz CT molecular complexity index is 344. The number of nitrogens with two attached hydrogens (primary N) is 1. The zero-order chi connectivity index (χ0) is 12.1. The number of rotatable bonds is 5. The molecule has 0 bridgehead atoms. The lowest BCUT2D eigenvalue weighted by Gasteiger charge is -2.23. The van der Waals surface area contributed by atoms with Crippen LogP contribution in [0.5, 0.6) is 0 Å². The molecule has 0 heterocycles. The van der Waals surface area contributed by atoms with E-state index in [9.17, 15) is 8.78 Å². The molecule has 0 aliphatic carbocycles. The number of benzene rings is 1. The quantitative estimate of drug-likeness (QED) is 0.842. The molecule has 4 heteroatoms. The van der Waals surface area contributed by atoms with E-state index >= 15 is 0 Å². The molecule has 2 atom stereocenters. The summed E-state index contributed by atoms with van der Waals surface area (Å²) in [6.07, 6.45) is 0.367. The maximum atomic E-state index is 13.5. The van der Waals surface area contributed by atoms with Crippen LogP contribution in [0.25, 0.3) is 0 Å². The van der Waals surface area contributed by atoms with Crippen molar-refractivity contribution < 1.29 is 13.5 Å². The highest BCUT2D eigenvalue weighted by molar-refractivity contribution is 5.23. The molecule has 0 aliphatic rings. The minimum absolute atomic E-state index is 0.167. The SMILES string of the molecule is CCOC(CC)C(N)c1cccc(F)c1F. The molecule has 1 aromatic rings. The van der Waals surface area contributed by atoms with Gasteiger partial charge in [0, 0.05) is 12.2 Å². The first kappa shape index (κ1) is 13.1. The monoisotopic (exact) mass is 229 g/mol. The van der Waals surface area contributed by atoms with Gasteiger partial charge in [-0.2, -0.15) is 0 Å². The van der Waals surface area contributed by atoms with Gasteiger partial charge in [-0.05, 0) is 19.4 Å². The van der Waals surface area contributed by atoms with E-state index in [0.29, 0.717) is 13.0 Å². The summed E-state index contributed by atoms with van der Waals surface area (Å²) in [5.41, 5.74) is 6.04. The van der Waals surface area contributed by atoms with Crippen molar-refractivity contribution in [3.63, 3.8) is 0 Å². The molecule has 0 amide bonds. The Morgan fingerprint density at radius 1 is 1.31 bits per heavy atom. The maximum absolute atomic E-state index is 13.5. The molecule has 90 valence electrons. The van der Waals surface area contributed by atoms with E-state index in [1.54, 1.807) is 0 Å².